The predicted octanol–water partition coefficient (Wildman–Crippen LogP) is 3.71. The molecule has 0 aromatic rings. The van der Waals surface area contributed by atoms with Gasteiger partial charge in [-0.25, -0.2) is 0 Å². The van der Waals surface area contributed by atoms with Crippen LogP contribution in [0.4, 0.5) is 0 Å². The minimum atomic E-state index is 0.136. The predicted molar refractivity (Wildman–Crippen MR) is 113 cm³/mol. The van der Waals surface area contributed by atoms with Crippen molar-refractivity contribution in [3.05, 3.63) is 0 Å². The average Bonchev–Trinajstić information content (AvgIpc) is 2.68. The lowest BCUT2D eigenvalue weighted by Crippen LogP contribution is -2.51. The molecule has 1 aliphatic carbocycles. The first-order valence-corrected chi connectivity index (χ1v) is 11.7. The monoisotopic (exact) mass is 377 g/mol. The van der Waals surface area contributed by atoms with E-state index in [0.717, 1.165) is 50.0 Å². The van der Waals surface area contributed by atoms with Crippen LogP contribution in [0.25, 0.3) is 0 Å². The Kier molecular flexibility index (Phi) is 7.61. The number of piperidine rings is 1. The topological polar surface area (TPSA) is 26.8 Å². The van der Waals surface area contributed by atoms with Gasteiger partial charge in [-0.1, -0.05) is 27.7 Å². The van der Waals surface area contributed by atoms with Gasteiger partial charge in [-0.15, -0.1) is 0 Å². The molecule has 3 rings (SSSR count). The molecule has 4 heteroatoms. The lowest BCUT2D eigenvalue weighted by molar-refractivity contribution is -0.136. The Labute approximate surface area is 167 Å². The van der Waals surface area contributed by atoms with Gasteiger partial charge < -0.3 is 9.80 Å². The van der Waals surface area contributed by atoms with Gasteiger partial charge in [0.25, 0.3) is 0 Å². The maximum atomic E-state index is 12.1. The normalized spacial score (nSPS) is 29.6. The highest BCUT2D eigenvalue weighted by atomic mass is 16.2. The Morgan fingerprint density at radius 2 is 1.41 bits per heavy atom. The Bertz CT molecular complexity index is 454. The Morgan fingerprint density at radius 1 is 0.815 bits per heavy atom. The summed E-state index contributed by atoms with van der Waals surface area (Å²) in [6, 6.07) is 0.867. The zero-order valence-electron chi connectivity index (χ0n) is 18.3. The summed E-state index contributed by atoms with van der Waals surface area (Å²) in [5, 5.41) is 0. The number of carbonyl (C=O) groups is 1. The third-order valence-electron chi connectivity index (χ3n) is 7.54. The summed E-state index contributed by atoms with van der Waals surface area (Å²) in [5.41, 5.74) is 0. The van der Waals surface area contributed by atoms with Gasteiger partial charge in [-0.2, -0.15) is 0 Å². The number of hydrogen-bond donors (Lipinski definition) is 0. The van der Waals surface area contributed by atoms with Crippen LogP contribution in [0.5, 0.6) is 0 Å². The lowest BCUT2D eigenvalue weighted by atomic mass is 9.78. The maximum Gasteiger partial charge on any atom is 0.225 e. The van der Waals surface area contributed by atoms with Crippen molar-refractivity contribution in [1.82, 2.24) is 14.7 Å². The number of rotatable bonds is 5. The molecule has 0 N–H and O–H groups in total. The molecule has 0 spiro atoms. The van der Waals surface area contributed by atoms with Crippen LogP contribution in [-0.2, 0) is 4.79 Å². The van der Waals surface area contributed by atoms with E-state index in [-0.39, 0.29) is 5.92 Å². The average molecular weight is 378 g/mol. The summed E-state index contributed by atoms with van der Waals surface area (Å²) in [5.74, 6) is 3.17. The summed E-state index contributed by atoms with van der Waals surface area (Å²) >= 11 is 0. The van der Waals surface area contributed by atoms with Crippen LogP contribution >= 0.6 is 0 Å². The van der Waals surface area contributed by atoms with E-state index in [1.807, 2.05) is 13.8 Å². The Hall–Kier alpha value is -0.610. The van der Waals surface area contributed by atoms with Crippen LogP contribution < -0.4 is 0 Å². The minimum absolute atomic E-state index is 0.136. The fourth-order valence-electron chi connectivity index (χ4n) is 5.52. The van der Waals surface area contributed by atoms with Crippen molar-refractivity contribution < 1.29 is 4.79 Å². The summed E-state index contributed by atoms with van der Waals surface area (Å²) in [6.07, 6.45) is 8.49. The summed E-state index contributed by atoms with van der Waals surface area (Å²) in [4.78, 5) is 19.6. The quantitative estimate of drug-likeness (QED) is 0.731. The zero-order chi connectivity index (χ0) is 19.4. The Morgan fingerprint density at radius 3 is 1.93 bits per heavy atom. The highest BCUT2D eigenvalue weighted by Gasteiger charge is 2.31. The lowest BCUT2D eigenvalue weighted by Gasteiger charge is -2.43. The molecule has 0 aromatic carbocycles. The van der Waals surface area contributed by atoms with Crippen molar-refractivity contribution >= 4 is 5.91 Å². The zero-order valence-corrected chi connectivity index (χ0v) is 18.3. The first kappa shape index (κ1) is 21.1. The van der Waals surface area contributed by atoms with Gasteiger partial charge in [0.05, 0.1) is 0 Å². The molecular weight excluding hydrogens is 334 g/mol. The van der Waals surface area contributed by atoms with E-state index in [4.69, 9.17) is 0 Å². The van der Waals surface area contributed by atoms with Crippen molar-refractivity contribution in [3.63, 3.8) is 0 Å². The van der Waals surface area contributed by atoms with Gasteiger partial charge in [-0.3, -0.25) is 9.69 Å². The van der Waals surface area contributed by atoms with Crippen molar-refractivity contribution in [1.29, 1.82) is 0 Å². The summed E-state index contributed by atoms with van der Waals surface area (Å²) < 4.78 is 0. The fourth-order valence-corrected chi connectivity index (χ4v) is 5.52. The van der Waals surface area contributed by atoms with E-state index in [0.29, 0.717) is 5.91 Å². The van der Waals surface area contributed by atoms with E-state index in [1.54, 1.807) is 0 Å². The third kappa shape index (κ3) is 5.69. The van der Waals surface area contributed by atoms with Gasteiger partial charge in [0.2, 0.25) is 5.91 Å². The van der Waals surface area contributed by atoms with Crippen molar-refractivity contribution in [2.24, 2.45) is 23.7 Å². The van der Waals surface area contributed by atoms with Crippen LogP contribution in [0.15, 0.2) is 0 Å². The van der Waals surface area contributed by atoms with Gasteiger partial charge >= 0.3 is 0 Å². The number of amides is 1. The molecule has 0 radical (unpaired) electrons. The first-order chi connectivity index (χ1) is 12.9. The molecule has 1 amide bonds. The van der Waals surface area contributed by atoms with Crippen molar-refractivity contribution in [2.45, 2.75) is 72.3 Å². The summed E-state index contributed by atoms with van der Waals surface area (Å²) in [7, 11) is 0. The molecule has 156 valence electrons. The molecule has 0 bridgehead atoms. The van der Waals surface area contributed by atoms with Gasteiger partial charge in [0.1, 0.15) is 0 Å². The van der Waals surface area contributed by atoms with Crippen LogP contribution in [0, 0.1) is 23.7 Å². The maximum absolute atomic E-state index is 12.1. The van der Waals surface area contributed by atoms with Crippen LogP contribution in [-0.4, -0.2) is 72.5 Å². The molecule has 0 unspecified atom stereocenters. The van der Waals surface area contributed by atoms with E-state index >= 15 is 0 Å². The van der Waals surface area contributed by atoms with E-state index < -0.39 is 0 Å². The second-order valence-electron chi connectivity index (χ2n) is 10.1. The number of hydrogen-bond acceptors (Lipinski definition) is 3. The number of nitrogens with zero attached hydrogens (tertiary/aromatic N) is 3. The molecule has 2 aliphatic heterocycles. The smallest absolute Gasteiger partial charge is 0.225 e. The van der Waals surface area contributed by atoms with Gasteiger partial charge in [0.15, 0.2) is 0 Å². The van der Waals surface area contributed by atoms with Gasteiger partial charge in [0, 0.05) is 44.7 Å². The standard InChI is InChI=1S/C23H43N3O/c1-18(2)21-5-7-22(8-6-21)25-11-9-20(10-12-25)17-24-13-15-26(16-14-24)23(27)19(3)4/h18-22H,5-17H2,1-4H3. The van der Waals surface area contributed by atoms with E-state index in [9.17, 15) is 4.79 Å². The van der Waals surface area contributed by atoms with Crippen molar-refractivity contribution in [3.8, 4) is 0 Å². The highest BCUT2D eigenvalue weighted by Crippen LogP contribution is 2.33. The third-order valence-corrected chi connectivity index (χ3v) is 7.54. The second-order valence-corrected chi connectivity index (χ2v) is 10.1. The number of piperazine rings is 1. The first-order valence-electron chi connectivity index (χ1n) is 11.7. The van der Waals surface area contributed by atoms with Crippen LogP contribution in [0.3, 0.4) is 0 Å². The number of carbonyl (C=O) groups excluding carboxylic acids is 1. The largest absolute Gasteiger partial charge is 0.340 e. The fraction of sp³-hybridized carbons (Fsp3) is 0.957. The molecule has 1 saturated carbocycles. The summed E-state index contributed by atoms with van der Waals surface area (Å²) in [6.45, 7) is 16.7. The minimum Gasteiger partial charge on any atom is -0.340 e. The highest BCUT2D eigenvalue weighted by molar-refractivity contribution is 5.78. The number of likely N-dealkylation sites (tertiary alicyclic amines) is 1. The van der Waals surface area contributed by atoms with Crippen molar-refractivity contribution in [2.75, 3.05) is 45.8 Å². The van der Waals surface area contributed by atoms with E-state index in [1.165, 1.54) is 58.2 Å². The Balaban J connectivity index is 1.34. The second kappa shape index (κ2) is 9.73. The molecule has 2 saturated heterocycles. The molecule has 2 heterocycles. The van der Waals surface area contributed by atoms with Crippen LogP contribution in [0.2, 0.25) is 0 Å². The molecule has 4 nitrogen and oxygen atoms in total. The molecule has 0 atom stereocenters. The molecule has 27 heavy (non-hydrogen) atoms. The SMILES string of the molecule is CC(C)C(=O)N1CCN(CC2CCN(C3CCC(C(C)C)CC3)CC2)CC1. The molecular formula is C23H43N3O. The van der Waals surface area contributed by atoms with E-state index in [2.05, 4.69) is 28.5 Å². The molecule has 0 aromatic heterocycles. The van der Waals surface area contributed by atoms with Gasteiger partial charge in [-0.05, 0) is 69.4 Å². The van der Waals surface area contributed by atoms with Crippen LogP contribution in [0.1, 0.15) is 66.2 Å². The molecule has 3 aliphatic rings. The molecule has 3 fully saturated rings.